The van der Waals surface area contributed by atoms with Crippen molar-refractivity contribution in [3.8, 4) is 0 Å². The minimum Gasteiger partial charge on any atom is -0.362 e. The minimum absolute atomic E-state index is 0.174. The molecule has 0 spiro atoms. The first-order valence-corrected chi connectivity index (χ1v) is 9.38. The van der Waals surface area contributed by atoms with Crippen LogP contribution in [0.25, 0.3) is 5.57 Å². The van der Waals surface area contributed by atoms with Gasteiger partial charge in [-0.15, -0.1) is 0 Å². The van der Waals surface area contributed by atoms with Crippen LogP contribution in [-0.2, 0) is 0 Å². The minimum atomic E-state index is -0.394. The summed E-state index contributed by atoms with van der Waals surface area (Å²) in [6.45, 7) is 9.26. The lowest BCUT2D eigenvalue weighted by atomic mass is 9.88. The Bertz CT molecular complexity index is 935. The van der Waals surface area contributed by atoms with E-state index in [0.29, 0.717) is 11.1 Å². The fourth-order valence-corrected chi connectivity index (χ4v) is 3.57. The zero-order chi connectivity index (χ0) is 20.3. The molecule has 0 saturated heterocycles. The first-order chi connectivity index (χ1) is 13.3. The molecule has 1 N–H and O–H groups in total. The van der Waals surface area contributed by atoms with Crippen molar-refractivity contribution in [1.29, 1.82) is 0 Å². The molecule has 1 amide bonds. The van der Waals surface area contributed by atoms with E-state index in [1.165, 1.54) is 12.4 Å². The van der Waals surface area contributed by atoms with Gasteiger partial charge in [-0.1, -0.05) is 13.0 Å². The molecular formula is C22H25FN4O. The summed E-state index contributed by atoms with van der Waals surface area (Å²) in [5, 5.41) is 3.91. The van der Waals surface area contributed by atoms with Gasteiger partial charge in [0, 0.05) is 35.8 Å². The molecule has 2 heterocycles. The quantitative estimate of drug-likeness (QED) is 0.618. The molecule has 0 radical (unpaired) electrons. The van der Waals surface area contributed by atoms with E-state index in [-0.39, 0.29) is 11.4 Å². The summed E-state index contributed by atoms with van der Waals surface area (Å²) in [5.41, 5.74) is 5.92. The second-order valence-corrected chi connectivity index (χ2v) is 7.46. The van der Waals surface area contributed by atoms with Gasteiger partial charge in [0.15, 0.2) is 0 Å². The molecule has 3 rings (SSSR count). The number of carbonyl (C=O) groups is 1. The van der Waals surface area contributed by atoms with E-state index >= 15 is 0 Å². The fourth-order valence-electron chi connectivity index (χ4n) is 3.57. The number of benzene rings is 1. The summed E-state index contributed by atoms with van der Waals surface area (Å²) in [6.07, 6.45) is 7.54. The maximum Gasteiger partial charge on any atom is 0.272 e. The third-order valence-corrected chi connectivity index (χ3v) is 4.84. The Hall–Kier alpha value is -3.02. The zero-order valence-corrected chi connectivity index (χ0v) is 16.7. The number of nitrogens with one attached hydrogen (secondary N) is 1. The summed E-state index contributed by atoms with van der Waals surface area (Å²) in [4.78, 5) is 18.1. The maximum absolute atomic E-state index is 14.8. The molecule has 1 aromatic heterocycles. The Morgan fingerprint density at radius 3 is 2.86 bits per heavy atom. The van der Waals surface area contributed by atoms with Crippen LogP contribution in [0.4, 0.5) is 10.1 Å². The number of aromatic nitrogens is 1. The molecular weight excluding hydrogens is 355 g/mol. The smallest absolute Gasteiger partial charge is 0.272 e. The van der Waals surface area contributed by atoms with Gasteiger partial charge in [-0.25, -0.2) is 9.82 Å². The third-order valence-electron chi connectivity index (χ3n) is 4.84. The van der Waals surface area contributed by atoms with Gasteiger partial charge in [-0.2, -0.15) is 5.10 Å². The molecule has 0 aliphatic carbocycles. The highest BCUT2D eigenvalue weighted by Gasteiger charge is 2.31. The number of anilines is 1. The summed E-state index contributed by atoms with van der Waals surface area (Å²) in [5.74, 6) is -0.764. The van der Waals surface area contributed by atoms with Crippen LogP contribution in [0.1, 0.15) is 55.6 Å². The zero-order valence-electron chi connectivity index (χ0n) is 16.7. The first-order valence-electron chi connectivity index (χ1n) is 9.38. The van der Waals surface area contributed by atoms with E-state index < -0.39 is 5.91 Å². The van der Waals surface area contributed by atoms with E-state index in [9.17, 15) is 9.18 Å². The number of pyridine rings is 1. The van der Waals surface area contributed by atoms with Gasteiger partial charge < -0.3 is 4.90 Å². The topological polar surface area (TPSA) is 57.6 Å². The predicted octanol–water partition coefficient (Wildman–Crippen LogP) is 4.40. The lowest BCUT2D eigenvalue weighted by Gasteiger charge is -2.43. The Morgan fingerprint density at radius 2 is 2.18 bits per heavy atom. The van der Waals surface area contributed by atoms with Gasteiger partial charge in [-0.05, 0) is 57.0 Å². The molecule has 0 atom stereocenters. The number of hydrazone groups is 1. The molecule has 1 aliphatic rings. The van der Waals surface area contributed by atoms with Crippen LogP contribution < -0.4 is 10.3 Å². The standard InChI is InChI=1S/C22H25FN4O/c1-5-9-27-20-11-19(23)17(10-18(20)15(2)12-22(27,3)4)14-25-26-21(28)16-7-6-8-24-13-16/h6-8,10-14H,5,9H2,1-4H3,(H,26,28)/b25-14-. The molecule has 0 fully saturated rings. The number of rotatable bonds is 5. The number of halogens is 1. The van der Waals surface area contributed by atoms with E-state index in [0.717, 1.165) is 29.8 Å². The molecule has 0 unspecified atom stereocenters. The van der Waals surface area contributed by atoms with Gasteiger partial charge in [-0.3, -0.25) is 9.78 Å². The van der Waals surface area contributed by atoms with Crippen LogP contribution in [-0.4, -0.2) is 29.2 Å². The number of amides is 1. The summed E-state index contributed by atoms with van der Waals surface area (Å²) in [6, 6.07) is 6.65. The molecule has 28 heavy (non-hydrogen) atoms. The fraction of sp³-hybridized carbons (Fsp3) is 0.318. The van der Waals surface area contributed by atoms with E-state index in [1.54, 1.807) is 30.5 Å². The van der Waals surface area contributed by atoms with Crippen molar-refractivity contribution in [2.24, 2.45) is 5.10 Å². The van der Waals surface area contributed by atoms with Gasteiger partial charge in [0.1, 0.15) is 5.82 Å². The highest BCUT2D eigenvalue weighted by molar-refractivity contribution is 5.95. The number of fused-ring (bicyclic) bond motifs is 1. The van der Waals surface area contributed by atoms with E-state index in [2.05, 4.69) is 47.3 Å². The van der Waals surface area contributed by atoms with Crippen molar-refractivity contribution in [3.63, 3.8) is 0 Å². The van der Waals surface area contributed by atoms with Crippen molar-refractivity contribution in [2.75, 3.05) is 11.4 Å². The lowest BCUT2D eigenvalue weighted by Crippen LogP contribution is -2.45. The van der Waals surface area contributed by atoms with Gasteiger partial charge in [0.25, 0.3) is 5.91 Å². The van der Waals surface area contributed by atoms with Crippen LogP contribution in [0.2, 0.25) is 0 Å². The van der Waals surface area contributed by atoms with E-state index in [1.807, 2.05) is 6.92 Å². The SMILES string of the molecule is CCCN1c2cc(F)c(/C=N\NC(=O)c3cccnc3)cc2C(C)=CC1(C)C. The Kier molecular flexibility index (Phi) is 5.58. The molecule has 1 aliphatic heterocycles. The Balaban J connectivity index is 1.87. The molecule has 0 bridgehead atoms. The number of allylic oxidation sites excluding steroid dienone is 1. The molecule has 5 nitrogen and oxygen atoms in total. The summed E-state index contributed by atoms with van der Waals surface area (Å²) < 4.78 is 14.8. The Labute approximate surface area is 165 Å². The number of nitrogens with zero attached hydrogens (tertiary/aromatic N) is 3. The number of hydrogen-bond donors (Lipinski definition) is 1. The average molecular weight is 380 g/mol. The average Bonchev–Trinajstić information content (AvgIpc) is 2.66. The van der Waals surface area contributed by atoms with Crippen molar-refractivity contribution in [1.82, 2.24) is 10.4 Å². The number of carbonyl (C=O) groups excluding carboxylic acids is 1. The lowest BCUT2D eigenvalue weighted by molar-refractivity contribution is 0.0954. The Morgan fingerprint density at radius 1 is 1.39 bits per heavy atom. The van der Waals surface area contributed by atoms with Crippen molar-refractivity contribution >= 4 is 23.4 Å². The maximum atomic E-state index is 14.8. The normalized spacial score (nSPS) is 15.3. The van der Waals surface area contributed by atoms with Gasteiger partial charge >= 0.3 is 0 Å². The van der Waals surface area contributed by atoms with Crippen LogP contribution >= 0.6 is 0 Å². The second kappa shape index (κ2) is 7.92. The third kappa shape index (κ3) is 3.96. The highest BCUT2D eigenvalue weighted by Crippen LogP contribution is 2.39. The summed E-state index contributed by atoms with van der Waals surface area (Å²) >= 11 is 0. The molecule has 1 aromatic carbocycles. The molecule has 0 saturated carbocycles. The van der Waals surface area contributed by atoms with Crippen LogP contribution in [0.3, 0.4) is 0 Å². The first kappa shape index (κ1) is 19.7. The summed E-state index contributed by atoms with van der Waals surface area (Å²) in [7, 11) is 0. The monoisotopic (exact) mass is 380 g/mol. The molecule has 146 valence electrons. The largest absolute Gasteiger partial charge is 0.362 e. The number of hydrogen-bond acceptors (Lipinski definition) is 4. The van der Waals surface area contributed by atoms with Gasteiger partial charge in [0.2, 0.25) is 0 Å². The van der Waals surface area contributed by atoms with Crippen LogP contribution in [0, 0.1) is 5.82 Å². The molecule has 6 heteroatoms. The van der Waals surface area contributed by atoms with Crippen molar-refractivity contribution in [2.45, 2.75) is 39.7 Å². The van der Waals surface area contributed by atoms with Crippen LogP contribution in [0.15, 0.2) is 47.8 Å². The second-order valence-electron chi connectivity index (χ2n) is 7.46. The molecule has 2 aromatic rings. The van der Waals surface area contributed by atoms with E-state index in [4.69, 9.17) is 0 Å². The predicted molar refractivity (Wildman–Crippen MR) is 111 cm³/mol. The van der Waals surface area contributed by atoms with Gasteiger partial charge in [0.05, 0.1) is 17.3 Å². The van der Waals surface area contributed by atoms with Crippen molar-refractivity contribution in [3.05, 3.63) is 65.2 Å². The van der Waals surface area contributed by atoms with Crippen LogP contribution in [0.5, 0.6) is 0 Å². The van der Waals surface area contributed by atoms with Crippen molar-refractivity contribution < 1.29 is 9.18 Å². The highest BCUT2D eigenvalue weighted by atomic mass is 19.1.